The van der Waals surface area contributed by atoms with E-state index in [9.17, 15) is 8.42 Å². The topological polar surface area (TPSA) is 46.2 Å². The Morgan fingerprint density at radius 3 is 2.82 bits per heavy atom. The maximum Gasteiger partial charge on any atom is 0.241 e. The zero-order valence-corrected chi connectivity index (χ0v) is 15.3. The minimum atomic E-state index is -3.55. The molecule has 0 spiro atoms. The van der Waals surface area contributed by atoms with Crippen molar-refractivity contribution >= 4 is 37.7 Å². The molecule has 0 radical (unpaired) electrons. The molecule has 1 atom stereocenters. The van der Waals surface area contributed by atoms with E-state index < -0.39 is 10.0 Å². The number of rotatable bonds is 3. The van der Waals surface area contributed by atoms with Crippen molar-refractivity contribution in [1.82, 2.24) is 4.72 Å². The van der Waals surface area contributed by atoms with Crippen LogP contribution in [0.3, 0.4) is 0 Å². The van der Waals surface area contributed by atoms with Gasteiger partial charge in [0.2, 0.25) is 10.0 Å². The maximum atomic E-state index is 12.7. The van der Waals surface area contributed by atoms with Gasteiger partial charge in [0.15, 0.2) is 0 Å². The second kappa shape index (κ2) is 6.35. The van der Waals surface area contributed by atoms with E-state index in [-0.39, 0.29) is 6.04 Å². The first-order valence-corrected chi connectivity index (χ1v) is 10.2. The van der Waals surface area contributed by atoms with Crippen molar-refractivity contribution in [2.24, 2.45) is 0 Å². The molecule has 2 aromatic carbocycles. The smallest absolute Gasteiger partial charge is 0.207 e. The summed E-state index contributed by atoms with van der Waals surface area (Å²) in [6.07, 6.45) is 0.800. The molecule has 0 saturated heterocycles. The van der Waals surface area contributed by atoms with Crippen LogP contribution in [0.1, 0.15) is 23.6 Å². The number of benzene rings is 2. The standard InChI is InChI=1S/C16H16BrNO2S2/c1-11-6-7-12(17)10-16(11)22(19,20)18-14-8-9-21-15-5-3-2-4-13(14)15/h2-7,10,14,18H,8-9H2,1H3/t14-/m0/s1. The number of hydrogen-bond acceptors (Lipinski definition) is 3. The summed E-state index contributed by atoms with van der Waals surface area (Å²) in [5, 5.41) is 0. The molecule has 22 heavy (non-hydrogen) atoms. The molecule has 1 aliphatic rings. The Morgan fingerprint density at radius 2 is 2.00 bits per heavy atom. The Bertz CT molecular complexity index is 806. The monoisotopic (exact) mass is 397 g/mol. The Balaban J connectivity index is 1.95. The van der Waals surface area contributed by atoms with Gasteiger partial charge in [-0.25, -0.2) is 13.1 Å². The lowest BCUT2D eigenvalue weighted by Crippen LogP contribution is -2.31. The van der Waals surface area contributed by atoms with E-state index >= 15 is 0 Å². The van der Waals surface area contributed by atoms with E-state index in [0.29, 0.717) is 4.90 Å². The van der Waals surface area contributed by atoms with E-state index in [0.717, 1.165) is 32.7 Å². The summed E-state index contributed by atoms with van der Waals surface area (Å²) in [5.41, 5.74) is 1.81. The average Bonchev–Trinajstić information content (AvgIpc) is 2.50. The molecule has 1 heterocycles. The van der Waals surface area contributed by atoms with Crippen LogP contribution in [0.5, 0.6) is 0 Å². The lowest BCUT2D eigenvalue weighted by atomic mass is 10.1. The van der Waals surface area contributed by atoms with Crippen molar-refractivity contribution in [1.29, 1.82) is 0 Å². The fourth-order valence-corrected chi connectivity index (χ4v) is 5.74. The van der Waals surface area contributed by atoms with Gasteiger partial charge in [0, 0.05) is 15.4 Å². The Hall–Kier alpha value is -0.820. The molecule has 2 aromatic rings. The summed E-state index contributed by atoms with van der Waals surface area (Å²) >= 11 is 5.12. The third kappa shape index (κ3) is 3.25. The minimum absolute atomic E-state index is 0.166. The normalized spacial score (nSPS) is 18.0. The van der Waals surface area contributed by atoms with Crippen LogP contribution in [0.4, 0.5) is 0 Å². The molecule has 0 unspecified atom stereocenters. The molecule has 6 heteroatoms. The number of thioether (sulfide) groups is 1. The molecule has 3 rings (SSSR count). The van der Waals surface area contributed by atoms with Crippen LogP contribution < -0.4 is 4.72 Å². The number of nitrogens with one attached hydrogen (secondary N) is 1. The van der Waals surface area contributed by atoms with Gasteiger partial charge >= 0.3 is 0 Å². The third-order valence-corrected chi connectivity index (χ3v) is 6.93. The van der Waals surface area contributed by atoms with Gasteiger partial charge in [-0.05, 0) is 48.4 Å². The fraction of sp³-hybridized carbons (Fsp3) is 0.250. The van der Waals surface area contributed by atoms with Crippen LogP contribution in [-0.4, -0.2) is 14.2 Å². The molecule has 1 N–H and O–H groups in total. The minimum Gasteiger partial charge on any atom is -0.207 e. The highest BCUT2D eigenvalue weighted by Gasteiger charge is 2.26. The second-order valence-electron chi connectivity index (χ2n) is 5.26. The molecule has 0 bridgehead atoms. The Labute approximate surface area is 143 Å². The van der Waals surface area contributed by atoms with Crippen LogP contribution in [-0.2, 0) is 10.0 Å². The number of sulfonamides is 1. The molecule has 3 nitrogen and oxygen atoms in total. The third-order valence-electron chi connectivity index (χ3n) is 3.70. The van der Waals surface area contributed by atoms with Gasteiger partial charge in [-0.15, -0.1) is 11.8 Å². The summed E-state index contributed by atoms with van der Waals surface area (Å²) in [6.45, 7) is 1.81. The van der Waals surface area contributed by atoms with Crippen molar-refractivity contribution in [3.63, 3.8) is 0 Å². The van der Waals surface area contributed by atoms with Gasteiger partial charge in [-0.1, -0.05) is 40.2 Å². The molecular formula is C16H16BrNO2S2. The van der Waals surface area contributed by atoms with Crippen LogP contribution in [0, 0.1) is 6.92 Å². The van der Waals surface area contributed by atoms with Crippen molar-refractivity contribution < 1.29 is 8.42 Å². The largest absolute Gasteiger partial charge is 0.241 e. The van der Waals surface area contributed by atoms with E-state index in [1.165, 1.54) is 0 Å². The van der Waals surface area contributed by atoms with Crippen molar-refractivity contribution in [2.75, 3.05) is 5.75 Å². The first kappa shape index (κ1) is 16.1. The fourth-order valence-electron chi connectivity index (χ4n) is 2.58. The first-order valence-electron chi connectivity index (χ1n) is 6.97. The molecule has 0 aliphatic carbocycles. The van der Waals surface area contributed by atoms with E-state index in [4.69, 9.17) is 0 Å². The Kier molecular flexibility index (Phi) is 4.64. The van der Waals surface area contributed by atoms with Gasteiger partial charge in [-0.3, -0.25) is 0 Å². The van der Waals surface area contributed by atoms with Crippen LogP contribution in [0.2, 0.25) is 0 Å². The van der Waals surface area contributed by atoms with Crippen LogP contribution >= 0.6 is 27.7 Å². The average molecular weight is 398 g/mol. The van der Waals surface area contributed by atoms with Gasteiger partial charge < -0.3 is 0 Å². The quantitative estimate of drug-likeness (QED) is 0.840. The lowest BCUT2D eigenvalue weighted by molar-refractivity contribution is 0.545. The maximum absolute atomic E-state index is 12.7. The highest BCUT2D eigenvalue weighted by Crippen LogP contribution is 2.36. The van der Waals surface area contributed by atoms with E-state index in [2.05, 4.69) is 20.7 Å². The highest BCUT2D eigenvalue weighted by atomic mass is 79.9. The van der Waals surface area contributed by atoms with Gasteiger partial charge in [0.1, 0.15) is 0 Å². The summed E-state index contributed by atoms with van der Waals surface area (Å²) in [6, 6.07) is 13.1. The molecule has 0 aromatic heterocycles. The van der Waals surface area contributed by atoms with Crippen molar-refractivity contribution in [3.8, 4) is 0 Å². The molecule has 0 fully saturated rings. The highest BCUT2D eigenvalue weighted by molar-refractivity contribution is 9.10. The van der Waals surface area contributed by atoms with Crippen LogP contribution in [0.15, 0.2) is 56.7 Å². The van der Waals surface area contributed by atoms with E-state index in [1.54, 1.807) is 17.8 Å². The number of fused-ring (bicyclic) bond motifs is 1. The summed E-state index contributed by atoms with van der Waals surface area (Å²) in [7, 11) is -3.55. The zero-order chi connectivity index (χ0) is 15.7. The SMILES string of the molecule is Cc1ccc(Br)cc1S(=O)(=O)N[C@H]1CCSc2ccccc21. The molecule has 0 saturated carbocycles. The number of halogens is 1. The number of aryl methyl sites for hydroxylation is 1. The first-order chi connectivity index (χ1) is 10.5. The van der Waals surface area contributed by atoms with Crippen molar-refractivity contribution in [2.45, 2.75) is 29.2 Å². The molecule has 1 aliphatic heterocycles. The Morgan fingerprint density at radius 1 is 1.23 bits per heavy atom. The van der Waals surface area contributed by atoms with Crippen molar-refractivity contribution in [3.05, 3.63) is 58.1 Å². The van der Waals surface area contributed by atoms with E-state index in [1.807, 2.05) is 43.3 Å². The van der Waals surface area contributed by atoms with Gasteiger partial charge in [0.25, 0.3) is 0 Å². The second-order valence-corrected chi connectivity index (χ2v) is 8.99. The lowest BCUT2D eigenvalue weighted by Gasteiger charge is -2.26. The summed E-state index contributed by atoms with van der Waals surface area (Å²) in [4.78, 5) is 1.49. The number of hydrogen-bond donors (Lipinski definition) is 1. The predicted molar refractivity (Wildman–Crippen MR) is 93.7 cm³/mol. The van der Waals surface area contributed by atoms with Gasteiger partial charge in [-0.2, -0.15) is 0 Å². The zero-order valence-electron chi connectivity index (χ0n) is 12.0. The molecule has 0 amide bonds. The molecule has 116 valence electrons. The van der Waals surface area contributed by atoms with Crippen LogP contribution in [0.25, 0.3) is 0 Å². The predicted octanol–water partition coefficient (Wildman–Crippen LogP) is 4.27. The molecular weight excluding hydrogens is 382 g/mol. The summed E-state index contributed by atoms with van der Waals surface area (Å²) in [5.74, 6) is 0.918. The summed E-state index contributed by atoms with van der Waals surface area (Å²) < 4.78 is 29.1. The van der Waals surface area contributed by atoms with Gasteiger partial charge in [0.05, 0.1) is 4.90 Å².